The number of hydrogen-bond donors (Lipinski definition) is 2. The third-order valence-corrected chi connectivity index (χ3v) is 4.91. The molecule has 5 nitrogen and oxygen atoms in total. The maximum absolute atomic E-state index is 5.89. The van der Waals surface area contributed by atoms with Gasteiger partial charge in [-0.05, 0) is 24.8 Å². The van der Waals surface area contributed by atoms with Crippen molar-refractivity contribution in [2.75, 3.05) is 20.2 Å². The molecule has 2 aromatic rings. The van der Waals surface area contributed by atoms with Crippen LogP contribution < -0.4 is 10.6 Å². The van der Waals surface area contributed by atoms with Crippen molar-refractivity contribution < 1.29 is 4.74 Å². The highest BCUT2D eigenvalue weighted by Gasteiger charge is 2.07. The Hall–Kier alpha value is -1.19. The van der Waals surface area contributed by atoms with Gasteiger partial charge >= 0.3 is 0 Å². The third-order valence-electron chi connectivity index (χ3n) is 4.04. The number of aliphatic imine (C=N–C) groups is 1. The average molecular weight is 502 g/mol. The van der Waals surface area contributed by atoms with Crippen molar-refractivity contribution in [3.8, 4) is 0 Å². The number of ether oxygens (including phenoxy) is 1. The molecule has 27 heavy (non-hydrogen) atoms. The van der Waals surface area contributed by atoms with E-state index in [1.807, 2.05) is 18.2 Å². The first-order valence-electron chi connectivity index (χ1n) is 9.15. The Morgan fingerprint density at radius 3 is 2.56 bits per heavy atom. The molecule has 1 aromatic heterocycles. The zero-order valence-electron chi connectivity index (χ0n) is 16.6. The van der Waals surface area contributed by atoms with Crippen molar-refractivity contribution in [3.05, 3.63) is 52.0 Å². The van der Waals surface area contributed by atoms with Gasteiger partial charge in [-0.3, -0.25) is 4.99 Å². The first kappa shape index (κ1) is 23.8. The van der Waals surface area contributed by atoms with Crippen LogP contribution in [0.5, 0.6) is 0 Å². The van der Waals surface area contributed by atoms with Crippen LogP contribution in [-0.4, -0.2) is 31.1 Å². The van der Waals surface area contributed by atoms with E-state index in [0.717, 1.165) is 29.6 Å². The highest BCUT2D eigenvalue weighted by Crippen LogP contribution is 2.17. The molecule has 0 aliphatic rings. The highest BCUT2D eigenvalue weighted by molar-refractivity contribution is 14.0. The quantitative estimate of drug-likeness (QED) is 0.226. The molecule has 7 heteroatoms. The summed E-state index contributed by atoms with van der Waals surface area (Å²) in [5.41, 5.74) is 2.36. The fourth-order valence-electron chi connectivity index (χ4n) is 2.41. The number of nitrogens with one attached hydrogen (secondary N) is 2. The summed E-state index contributed by atoms with van der Waals surface area (Å²) in [4.78, 5) is 8.88. The summed E-state index contributed by atoms with van der Waals surface area (Å²) < 4.78 is 5.89. The molecule has 0 amide bonds. The minimum atomic E-state index is 0. The molecule has 0 bridgehead atoms. The van der Waals surface area contributed by atoms with Crippen LogP contribution in [0.1, 0.15) is 55.5 Å². The molecule has 0 fully saturated rings. The molecular weight excluding hydrogens is 471 g/mol. The number of nitrogens with zero attached hydrogens (tertiary/aromatic N) is 2. The molecule has 0 aliphatic carbocycles. The monoisotopic (exact) mass is 502 g/mol. The van der Waals surface area contributed by atoms with Gasteiger partial charge in [0.25, 0.3) is 0 Å². The van der Waals surface area contributed by atoms with E-state index in [1.54, 1.807) is 18.4 Å². The van der Waals surface area contributed by atoms with Gasteiger partial charge in [0.05, 0.1) is 18.3 Å². The third kappa shape index (κ3) is 8.57. The second-order valence-corrected chi connectivity index (χ2v) is 7.39. The van der Waals surface area contributed by atoms with Gasteiger partial charge in [0, 0.05) is 25.6 Å². The SMILES string of the molecule is CN=C(NCCCOC(C)c1ccccc1)NCc1nc(C(C)C)cs1.I. The summed E-state index contributed by atoms with van der Waals surface area (Å²) in [7, 11) is 1.78. The largest absolute Gasteiger partial charge is 0.374 e. The lowest BCUT2D eigenvalue weighted by molar-refractivity contribution is 0.0646. The van der Waals surface area contributed by atoms with Crippen LogP contribution in [0.15, 0.2) is 40.7 Å². The summed E-state index contributed by atoms with van der Waals surface area (Å²) in [6, 6.07) is 10.3. The average Bonchev–Trinajstić information content (AvgIpc) is 3.14. The van der Waals surface area contributed by atoms with Gasteiger partial charge in [-0.25, -0.2) is 4.98 Å². The maximum Gasteiger partial charge on any atom is 0.191 e. The van der Waals surface area contributed by atoms with E-state index >= 15 is 0 Å². The molecule has 1 heterocycles. The van der Waals surface area contributed by atoms with Gasteiger partial charge in [-0.15, -0.1) is 35.3 Å². The normalized spacial score (nSPS) is 12.6. The molecular formula is C20H31IN4OS. The number of benzene rings is 1. The molecule has 0 saturated heterocycles. The Bertz CT molecular complexity index is 676. The number of halogens is 1. The number of rotatable bonds is 9. The Kier molecular flexibility index (Phi) is 11.5. The Labute approximate surface area is 184 Å². The topological polar surface area (TPSA) is 58.5 Å². The zero-order chi connectivity index (χ0) is 18.8. The van der Waals surface area contributed by atoms with Crippen molar-refractivity contribution >= 4 is 41.3 Å². The molecule has 2 rings (SSSR count). The predicted octanol–water partition coefficient (Wildman–Crippen LogP) is 4.72. The van der Waals surface area contributed by atoms with E-state index in [2.05, 4.69) is 58.9 Å². The van der Waals surface area contributed by atoms with Crippen LogP contribution in [0, 0.1) is 0 Å². The van der Waals surface area contributed by atoms with Gasteiger partial charge in [-0.1, -0.05) is 44.2 Å². The predicted molar refractivity (Wildman–Crippen MR) is 125 cm³/mol. The van der Waals surface area contributed by atoms with Crippen LogP contribution in [0.4, 0.5) is 0 Å². The van der Waals surface area contributed by atoms with E-state index in [4.69, 9.17) is 4.74 Å². The van der Waals surface area contributed by atoms with Crippen molar-refractivity contribution in [1.29, 1.82) is 0 Å². The molecule has 0 saturated carbocycles. The molecule has 0 aliphatic heterocycles. The first-order chi connectivity index (χ1) is 12.6. The van der Waals surface area contributed by atoms with Gasteiger partial charge < -0.3 is 15.4 Å². The number of hydrogen-bond acceptors (Lipinski definition) is 4. The number of guanidine groups is 1. The fourth-order valence-corrected chi connectivity index (χ4v) is 3.31. The summed E-state index contributed by atoms with van der Waals surface area (Å²) in [6.07, 6.45) is 1.04. The molecule has 1 atom stereocenters. The standard InChI is InChI=1S/C20H30N4OS.HI/c1-15(2)18-14-26-19(24-18)13-23-20(21-4)22-11-8-12-25-16(3)17-9-6-5-7-10-17;/h5-7,9-10,14-16H,8,11-13H2,1-4H3,(H2,21,22,23);1H. The summed E-state index contributed by atoms with van der Waals surface area (Å²) in [6.45, 7) is 8.63. The lowest BCUT2D eigenvalue weighted by Gasteiger charge is -2.14. The number of thiazole rings is 1. The van der Waals surface area contributed by atoms with Crippen LogP contribution in [0.2, 0.25) is 0 Å². The smallest absolute Gasteiger partial charge is 0.191 e. The Balaban J connectivity index is 0.00000364. The molecule has 1 unspecified atom stereocenters. The van der Waals surface area contributed by atoms with Crippen molar-refractivity contribution in [2.24, 2.45) is 4.99 Å². The van der Waals surface area contributed by atoms with Crippen molar-refractivity contribution in [2.45, 2.75) is 45.8 Å². The summed E-state index contributed by atoms with van der Waals surface area (Å²) in [5, 5.41) is 9.84. The highest BCUT2D eigenvalue weighted by atomic mass is 127. The van der Waals surface area contributed by atoms with E-state index in [0.29, 0.717) is 19.1 Å². The molecule has 0 spiro atoms. The maximum atomic E-state index is 5.89. The molecule has 150 valence electrons. The van der Waals surface area contributed by atoms with E-state index in [1.165, 1.54) is 5.56 Å². The van der Waals surface area contributed by atoms with Gasteiger partial charge in [0.1, 0.15) is 5.01 Å². The summed E-state index contributed by atoms with van der Waals surface area (Å²) >= 11 is 1.69. The van der Waals surface area contributed by atoms with Crippen LogP contribution in [-0.2, 0) is 11.3 Å². The lowest BCUT2D eigenvalue weighted by Crippen LogP contribution is -2.37. The van der Waals surface area contributed by atoms with Crippen LogP contribution >= 0.6 is 35.3 Å². The fraction of sp³-hybridized carbons (Fsp3) is 0.500. The van der Waals surface area contributed by atoms with E-state index < -0.39 is 0 Å². The van der Waals surface area contributed by atoms with Crippen molar-refractivity contribution in [3.63, 3.8) is 0 Å². The van der Waals surface area contributed by atoms with Gasteiger partial charge in [0.15, 0.2) is 5.96 Å². The zero-order valence-corrected chi connectivity index (χ0v) is 19.7. The van der Waals surface area contributed by atoms with Crippen molar-refractivity contribution in [1.82, 2.24) is 15.6 Å². The second kappa shape index (κ2) is 13.1. The van der Waals surface area contributed by atoms with Gasteiger partial charge in [-0.2, -0.15) is 0 Å². The summed E-state index contributed by atoms with van der Waals surface area (Å²) in [5.74, 6) is 1.26. The Morgan fingerprint density at radius 1 is 1.19 bits per heavy atom. The van der Waals surface area contributed by atoms with Gasteiger partial charge in [0.2, 0.25) is 0 Å². The minimum absolute atomic E-state index is 0. The van der Waals surface area contributed by atoms with Crippen LogP contribution in [0.25, 0.3) is 0 Å². The first-order valence-corrected chi connectivity index (χ1v) is 10.0. The Morgan fingerprint density at radius 2 is 1.93 bits per heavy atom. The molecule has 2 N–H and O–H groups in total. The number of aromatic nitrogens is 1. The van der Waals surface area contributed by atoms with E-state index in [9.17, 15) is 0 Å². The molecule has 0 radical (unpaired) electrons. The second-order valence-electron chi connectivity index (χ2n) is 6.45. The minimum Gasteiger partial charge on any atom is -0.374 e. The van der Waals surface area contributed by atoms with Crippen LogP contribution in [0.3, 0.4) is 0 Å². The lowest BCUT2D eigenvalue weighted by atomic mass is 10.1. The molecule has 1 aromatic carbocycles. The van der Waals surface area contributed by atoms with E-state index in [-0.39, 0.29) is 30.1 Å².